The average molecular weight is 375 g/mol. The van der Waals surface area contributed by atoms with Gasteiger partial charge in [0.05, 0.1) is 6.61 Å². The molecule has 3 rings (SSSR count). The Morgan fingerprint density at radius 2 is 2.22 bits per heavy atom. The van der Waals surface area contributed by atoms with E-state index < -0.39 is 0 Å². The zero-order chi connectivity index (χ0) is 19.2. The number of aromatic nitrogens is 2. The molecule has 2 heterocycles. The summed E-state index contributed by atoms with van der Waals surface area (Å²) in [5, 5.41) is 6.86. The summed E-state index contributed by atoms with van der Waals surface area (Å²) in [5.41, 5.74) is 1.28. The highest BCUT2D eigenvalue weighted by atomic mass is 19.1. The lowest BCUT2D eigenvalue weighted by Gasteiger charge is -2.21. The number of amides is 1. The van der Waals surface area contributed by atoms with Crippen molar-refractivity contribution >= 4 is 5.91 Å². The fraction of sp³-hybridized carbons (Fsp3) is 0.421. The van der Waals surface area contributed by atoms with Crippen LogP contribution in [0.4, 0.5) is 4.39 Å². The number of unbranched alkanes of at least 4 members (excludes halogenated alkanes) is 1. The lowest BCUT2D eigenvalue weighted by atomic mass is 10.1. The van der Waals surface area contributed by atoms with Crippen molar-refractivity contribution in [1.82, 2.24) is 15.1 Å². The van der Waals surface area contributed by atoms with Crippen LogP contribution >= 0.6 is 0 Å². The van der Waals surface area contributed by atoms with Gasteiger partial charge in [-0.15, -0.1) is 0 Å². The van der Waals surface area contributed by atoms with E-state index in [2.05, 4.69) is 10.4 Å². The maximum Gasteiger partial charge on any atom is 0.271 e. The molecule has 2 aromatic rings. The van der Waals surface area contributed by atoms with Crippen LogP contribution in [0.15, 0.2) is 29.1 Å². The number of nitrogens with zero attached hydrogens (tertiary/aromatic N) is 2. The minimum atomic E-state index is -0.380. The number of aryl methyl sites for hydroxylation is 1. The zero-order valence-electron chi connectivity index (χ0n) is 15.2. The van der Waals surface area contributed by atoms with Gasteiger partial charge in [0.25, 0.3) is 11.5 Å². The lowest BCUT2D eigenvalue weighted by molar-refractivity contribution is -0.0172. The second-order valence-corrected chi connectivity index (χ2v) is 6.30. The molecule has 0 saturated heterocycles. The summed E-state index contributed by atoms with van der Waals surface area (Å²) in [5.74, 6) is -0.133. The van der Waals surface area contributed by atoms with E-state index in [1.165, 1.54) is 28.9 Å². The van der Waals surface area contributed by atoms with Crippen molar-refractivity contribution in [2.45, 2.75) is 39.3 Å². The molecule has 0 radical (unpaired) electrons. The van der Waals surface area contributed by atoms with Crippen LogP contribution in [0, 0.1) is 5.82 Å². The van der Waals surface area contributed by atoms with Crippen LogP contribution in [0.3, 0.4) is 0 Å². The zero-order valence-corrected chi connectivity index (χ0v) is 15.2. The maximum absolute atomic E-state index is 13.7. The van der Waals surface area contributed by atoms with Crippen LogP contribution in [-0.4, -0.2) is 29.0 Å². The number of hydrogen-bond acceptors (Lipinski definition) is 5. The molecule has 0 unspecified atom stereocenters. The summed E-state index contributed by atoms with van der Waals surface area (Å²) >= 11 is 0. The molecule has 7 nitrogen and oxygen atoms in total. The summed E-state index contributed by atoms with van der Waals surface area (Å²) in [6.07, 6.45) is 2.14. The number of benzene rings is 1. The molecule has 8 heteroatoms. The van der Waals surface area contributed by atoms with Gasteiger partial charge in [-0.3, -0.25) is 9.59 Å². The van der Waals surface area contributed by atoms with Crippen molar-refractivity contribution in [1.29, 1.82) is 0 Å². The van der Waals surface area contributed by atoms with Crippen LogP contribution in [0.1, 0.15) is 41.4 Å². The van der Waals surface area contributed by atoms with Crippen LogP contribution in [0.2, 0.25) is 0 Å². The number of rotatable bonds is 7. The first-order chi connectivity index (χ1) is 13.1. The third-order valence-electron chi connectivity index (χ3n) is 4.25. The molecule has 1 aromatic carbocycles. The quantitative estimate of drug-likeness (QED) is 0.801. The predicted octanol–water partition coefficient (Wildman–Crippen LogP) is 2.02. The standard InChI is InChI=1S/C19H22FN3O4/c1-2-3-8-23-17(24)5-4-16(22-23)19(25)21-7-6-13-9-15(20)10-14-11-26-12-27-18(13)14/h4-5,9-10H,2-3,6-8,11-12H2,1H3,(H,21,25). The number of fused-ring (bicyclic) bond motifs is 1. The van der Waals surface area contributed by atoms with E-state index >= 15 is 0 Å². The largest absolute Gasteiger partial charge is 0.467 e. The molecule has 1 amide bonds. The minimum absolute atomic E-state index is 0.126. The number of ether oxygens (including phenoxy) is 2. The Balaban J connectivity index is 1.63. The molecule has 1 aliphatic heterocycles. The molecule has 1 aliphatic rings. The van der Waals surface area contributed by atoms with Crippen molar-refractivity contribution in [3.63, 3.8) is 0 Å². The van der Waals surface area contributed by atoms with Crippen molar-refractivity contribution < 1.29 is 18.7 Å². The molecule has 0 bridgehead atoms. The van der Waals surface area contributed by atoms with Gasteiger partial charge in [0.1, 0.15) is 17.3 Å². The van der Waals surface area contributed by atoms with Gasteiger partial charge in [0.15, 0.2) is 6.79 Å². The fourth-order valence-electron chi connectivity index (χ4n) is 2.88. The Bertz CT molecular complexity index is 882. The van der Waals surface area contributed by atoms with Crippen LogP contribution in [0.5, 0.6) is 5.75 Å². The molecule has 0 fully saturated rings. The van der Waals surface area contributed by atoms with Gasteiger partial charge in [-0.1, -0.05) is 13.3 Å². The van der Waals surface area contributed by atoms with E-state index in [-0.39, 0.29) is 36.3 Å². The van der Waals surface area contributed by atoms with Crippen molar-refractivity contribution in [2.24, 2.45) is 0 Å². The van der Waals surface area contributed by atoms with Gasteiger partial charge >= 0.3 is 0 Å². The number of nitrogens with one attached hydrogen (secondary N) is 1. The molecule has 0 spiro atoms. The topological polar surface area (TPSA) is 82.5 Å². The molecule has 0 saturated carbocycles. The van der Waals surface area contributed by atoms with Gasteiger partial charge < -0.3 is 14.8 Å². The van der Waals surface area contributed by atoms with E-state index in [0.29, 0.717) is 36.4 Å². The van der Waals surface area contributed by atoms with Gasteiger partial charge in [0.2, 0.25) is 0 Å². The molecule has 1 N–H and O–H groups in total. The third-order valence-corrected chi connectivity index (χ3v) is 4.25. The maximum atomic E-state index is 13.7. The van der Waals surface area contributed by atoms with Crippen molar-refractivity contribution in [3.05, 3.63) is 57.3 Å². The Labute approximate surface area is 156 Å². The normalized spacial score (nSPS) is 13.0. The van der Waals surface area contributed by atoms with E-state index in [1.807, 2.05) is 6.92 Å². The summed E-state index contributed by atoms with van der Waals surface area (Å²) in [7, 11) is 0. The van der Waals surface area contributed by atoms with E-state index in [1.54, 1.807) is 0 Å². The van der Waals surface area contributed by atoms with Crippen molar-refractivity contribution in [3.8, 4) is 5.75 Å². The molecular weight excluding hydrogens is 353 g/mol. The third kappa shape index (κ3) is 4.71. The highest BCUT2D eigenvalue weighted by Crippen LogP contribution is 2.29. The number of hydrogen-bond donors (Lipinski definition) is 1. The summed E-state index contributed by atoms with van der Waals surface area (Å²) < 4.78 is 25.7. The fourth-order valence-corrected chi connectivity index (χ4v) is 2.88. The molecule has 27 heavy (non-hydrogen) atoms. The monoisotopic (exact) mass is 375 g/mol. The smallest absolute Gasteiger partial charge is 0.271 e. The molecular formula is C19H22FN3O4. The SMILES string of the molecule is CCCCn1nc(C(=O)NCCc2cc(F)cc3c2OCOC3)ccc1=O. The summed E-state index contributed by atoms with van der Waals surface area (Å²) in [4.78, 5) is 24.1. The Kier molecular flexibility index (Phi) is 6.18. The second-order valence-electron chi connectivity index (χ2n) is 6.30. The Morgan fingerprint density at radius 1 is 1.37 bits per heavy atom. The van der Waals surface area contributed by atoms with Gasteiger partial charge in [-0.2, -0.15) is 5.10 Å². The number of halogens is 1. The molecule has 0 atom stereocenters. The molecule has 0 aliphatic carbocycles. The molecule has 1 aromatic heterocycles. The summed E-state index contributed by atoms with van der Waals surface area (Å²) in [6, 6.07) is 5.54. The number of carbonyl (C=O) groups is 1. The van der Waals surface area contributed by atoms with Crippen LogP contribution in [-0.2, 0) is 24.3 Å². The van der Waals surface area contributed by atoms with E-state index in [0.717, 1.165) is 12.8 Å². The van der Waals surface area contributed by atoms with Crippen molar-refractivity contribution in [2.75, 3.05) is 13.3 Å². The number of carbonyl (C=O) groups excluding carboxylic acids is 1. The van der Waals surface area contributed by atoms with Crippen LogP contribution in [0.25, 0.3) is 0 Å². The highest BCUT2D eigenvalue weighted by molar-refractivity contribution is 5.91. The first-order valence-corrected chi connectivity index (χ1v) is 8.96. The average Bonchev–Trinajstić information content (AvgIpc) is 2.67. The predicted molar refractivity (Wildman–Crippen MR) is 96.1 cm³/mol. The lowest BCUT2D eigenvalue weighted by Crippen LogP contribution is -2.31. The van der Waals surface area contributed by atoms with E-state index in [9.17, 15) is 14.0 Å². The van der Waals surface area contributed by atoms with Crippen LogP contribution < -0.4 is 15.6 Å². The first-order valence-electron chi connectivity index (χ1n) is 8.96. The van der Waals surface area contributed by atoms with Gasteiger partial charge in [-0.25, -0.2) is 9.07 Å². The minimum Gasteiger partial charge on any atom is -0.467 e. The van der Waals surface area contributed by atoms with E-state index in [4.69, 9.17) is 9.47 Å². The first kappa shape index (κ1) is 19.0. The summed E-state index contributed by atoms with van der Waals surface area (Å²) in [6.45, 7) is 3.21. The Morgan fingerprint density at radius 3 is 3.04 bits per heavy atom. The second kappa shape index (κ2) is 8.77. The highest BCUT2D eigenvalue weighted by Gasteiger charge is 2.17. The van der Waals surface area contributed by atoms with Gasteiger partial charge in [-0.05, 0) is 36.6 Å². The Hall–Kier alpha value is -2.74. The molecule has 144 valence electrons. The van der Waals surface area contributed by atoms with Gasteiger partial charge in [0, 0.05) is 24.7 Å².